The van der Waals surface area contributed by atoms with Crippen LogP contribution in [0.3, 0.4) is 0 Å². The predicted molar refractivity (Wildman–Crippen MR) is 74.2 cm³/mol. The molecule has 0 aliphatic heterocycles. The van der Waals surface area contributed by atoms with E-state index in [4.69, 9.17) is 16.3 Å². The van der Waals surface area contributed by atoms with Crippen LogP contribution in [0.5, 0.6) is 5.75 Å². The normalized spacial score (nSPS) is 10.0. The van der Waals surface area contributed by atoms with Crippen molar-refractivity contribution in [3.63, 3.8) is 0 Å². The second kappa shape index (κ2) is 6.19. The third-order valence-corrected chi connectivity index (χ3v) is 2.74. The number of anilines is 1. The third kappa shape index (κ3) is 3.90. The van der Waals surface area contributed by atoms with Crippen molar-refractivity contribution in [1.29, 1.82) is 0 Å². The van der Waals surface area contributed by atoms with Gasteiger partial charge >= 0.3 is 6.09 Å². The van der Waals surface area contributed by atoms with Crippen LogP contribution in [-0.2, 0) is 0 Å². The Labute approximate surface area is 123 Å². The third-order valence-electron chi connectivity index (χ3n) is 2.42. The molecule has 0 bridgehead atoms. The molecule has 8 heteroatoms. The van der Waals surface area contributed by atoms with Crippen molar-refractivity contribution in [3.8, 4) is 5.75 Å². The molecule has 0 unspecified atom stereocenters. The SMILES string of the molecule is O=C(Nc1ccc([N+](=O)[O-])cc1Cl)Oc1ccc(F)cc1. The van der Waals surface area contributed by atoms with Gasteiger partial charge < -0.3 is 4.74 Å². The van der Waals surface area contributed by atoms with E-state index in [0.717, 1.165) is 18.2 Å². The van der Waals surface area contributed by atoms with E-state index in [9.17, 15) is 19.3 Å². The van der Waals surface area contributed by atoms with Crippen LogP contribution in [0.2, 0.25) is 5.02 Å². The zero-order valence-corrected chi connectivity index (χ0v) is 11.1. The number of hydrogen-bond donors (Lipinski definition) is 1. The summed E-state index contributed by atoms with van der Waals surface area (Å²) in [5.41, 5.74) is -0.0353. The number of amides is 1. The number of nitro groups is 1. The highest BCUT2D eigenvalue weighted by atomic mass is 35.5. The Morgan fingerprint density at radius 2 is 1.90 bits per heavy atom. The minimum Gasteiger partial charge on any atom is -0.410 e. The van der Waals surface area contributed by atoms with Crippen LogP contribution in [0, 0.1) is 15.9 Å². The molecular formula is C13H8ClFN2O4. The van der Waals surface area contributed by atoms with Gasteiger partial charge in [-0.3, -0.25) is 15.4 Å². The lowest BCUT2D eigenvalue weighted by Gasteiger charge is -2.07. The Hall–Kier alpha value is -2.67. The fourth-order valence-electron chi connectivity index (χ4n) is 1.46. The first-order valence-electron chi connectivity index (χ1n) is 5.64. The monoisotopic (exact) mass is 310 g/mol. The standard InChI is InChI=1S/C13H8ClFN2O4/c14-11-7-9(17(19)20)3-6-12(11)16-13(18)21-10-4-1-8(15)2-5-10/h1-7H,(H,16,18). The van der Waals surface area contributed by atoms with Gasteiger partial charge in [0.2, 0.25) is 0 Å². The molecular weight excluding hydrogens is 303 g/mol. The number of nitro benzene ring substituents is 1. The van der Waals surface area contributed by atoms with E-state index in [1.165, 1.54) is 24.3 Å². The number of ether oxygens (including phenoxy) is 1. The summed E-state index contributed by atoms with van der Waals surface area (Å²) in [4.78, 5) is 21.6. The number of halogens is 2. The van der Waals surface area contributed by atoms with Gasteiger partial charge in [-0.25, -0.2) is 9.18 Å². The molecule has 0 heterocycles. The minimum atomic E-state index is -0.850. The zero-order chi connectivity index (χ0) is 15.4. The van der Waals surface area contributed by atoms with Crippen molar-refractivity contribution in [2.75, 3.05) is 5.32 Å². The first-order valence-corrected chi connectivity index (χ1v) is 6.02. The van der Waals surface area contributed by atoms with E-state index in [-0.39, 0.29) is 22.1 Å². The smallest absolute Gasteiger partial charge is 0.410 e. The van der Waals surface area contributed by atoms with Crippen molar-refractivity contribution in [2.24, 2.45) is 0 Å². The molecule has 0 radical (unpaired) electrons. The Morgan fingerprint density at radius 1 is 1.24 bits per heavy atom. The first kappa shape index (κ1) is 14.7. The molecule has 0 saturated carbocycles. The van der Waals surface area contributed by atoms with Crippen molar-refractivity contribution in [1.82, 2.24) is 0 Å². The summed E-state index contributed by atoms with van der Waals surface area (Å²) in [6, 6.07) is 8.43. The van der Waals surface area contributed by atoms with Gasteiger partial charge in [0, 0.05) is 12.1 Å². The molecule has 1 amide bonds. The molecule has 108 valence electrons. The van der Waals surface area contributed by atoms with Gasteiger partial charge in [0.15, 0.2) is 0 Å². The Kier molecular flexibility index (Phi) is 4.34. The highest BCUT2D eigenvalue weighted by Gasteiger charge is 2.12. The molecule has 6 nitrogen and oxygen atoms in total. The fraction of sp³-hybridized carbons (Fsp3) is 0. The van der Waals surface area contributed by atoms with Gasteiger partial charge in [0.05, 0.1) is 15.6 Å². The number of carbonyl (C=O) groups excluding carboxylic acids is 1. The van der Waals surface area contributed by atoms with Crippen LogP contribution in [0.25, 0.3) is 0 Å². The Morgan fingerprint density at radius 3 is 2.48 bits per heavy atom. The van der Waals surface area contributed by atoms with Crippen molar-refractivity contribution < 1.29 is 18.8 Å². The number of nitrogens with zero attached hydrogens (tertiary/aromatic N) is 1. The summed E-state index contributed by atoms with van der Waals surface area (Å²) >= 11 is 5.82. The second-order valence-electron chi connectivity index (χ2n) is 3.89. The predicted octanol–water partition coefficient (Wildman–Crippen LogP) is 4.00. The molecule has 1 N–H and O–H groups in total. The van der Waals surface area contributed by atoms with Gasteiger partial charge in [0.1, 0.15) is 11.6 Å². The average molecular weight is 311 g/mol. The summed E-state index contributed by atoms with van der Waals surface area (Å²) in [5.74, 6) is -0.312. The highest BCUT2D eigenvalue weighted by molar-refractivity contribution is 6.33. The largest absolute Gasteiger partial charge is 0.417 e. The number of benzene rings is 2. The maximum Gasteiger partial charge on any atom is 0.417 e. The second-order valence-corrected chi connectivity index (χ2v) is 4.30. The zero-order valence-electron chi connectivity index (χ0n) is 10.4. The van der Waals surface area contributed by atoms with E-state index in [0.29, 0.717) is 0 Å². The van der Waals surface area contributed by atoms with Crippen molar-refractivity contribution in [2.45, 2.75) is 0 Å². The molecule has 0 aliphatic rings. The molecule has 0 atom stereocenters. The quantitative estimate of drug-likeness (QED) is 0.686. The molecule has 0 fully saturated rings. The Balaban J connectivity index is 2.06. The van der Waals surface area contributed by atoms with Gasteiger partial charge in [-0.1, -0.05) is 11.6 Å². The van der Waals surface area contributed by atoms with E-state index in [1.54, 1.807) is 0 Å². The number of rotatable bonds is 3. The first-order chi connectivity index (χ1) is 9.95. The van der Waals surface area contributed by atoms with Gasteiger partial charge in [0.25, 0.3) is 5.69 Å². The lowest BCUT2D eigenvalue weighted by Crippen LogP contribution is -2.17. The average Bonchev–Trinajstić information content (AvgIpc) is 2.43. The minimum absolute atomic E-state index is 0.000237. The molecule has 0 aliphatic carbocycles. The topological polar surface area (TPSA) is 81.5 Å². The van der Waals surface area contributed by atoms with E-state index in [2.05, 4.69) is 5.32 Å². The highest BCUT2D eigenvalue weighted by Crippen LogP contribution is 2.26. The van der Waals surface area contributed by atoms with E-state index < -0.39 is 16.8 Å². The molecule has 2 rings (SSSR count). The molecule has 2 aromatic rings. The molecule has 21 heavy (non-hydrogen) atoms. The lowest BCUT2D eigenvalue weighted by molar-refractivity contribution is -0.384. The molecule has 2 aromatic carbocycles. The Bertz CT molecular complexity index is 691. The van der Waals surface area contributed by atoms with E-state index >= 15 is 0 Å². The lowest BCUT2D eigenvalue weighted by atomic mass is 10.3. The van der Waals surface area contributed by atoms with Crippen LogP contribution in [0.4, 0.5) is 20.6 Å². The van der Waals surface area contributed by atoms with Gasteiger partial charge in [-0.05, 0) is 30.3 Å². The van der Waals surface area contributed by atoms with Crippen LogP contribution in [-0.4, -0.2) is 11.0 Å². The summed E-state index contributed by atoms with van der Waals surface area (Å²) in [7, 11) is 0. The number of non-ortho nitro benzene ring substituents is 1. The summed E-state index contributed by atoms with van der Waals surface area (Å²) in [6.07, 6.45) is -0.850. The molecule has 0 aromatic heterocycles. The van der Waals surface area contributed by atoms with E-state index in [1.807, 2.05) is 0 Å². The number of carbonyl (C=O) groups is 1. The maximum absolute atomic E-state index is 12.7. The summed E-state index contributed by atoms with van der Waals surface area (Å²) < 4.78 is 17.6. The van der Waals surface area contributed by atoms with Crippen LogP contribution < -0.4 is 10.1 Å². The number of hydrogen-bond acceptors (Lipinski definition) is 4. The maximum atomic E-state index is 12.7. The van der Waals surface area contributed by atoms with Crippen molar-refractivity contribution in [3.05, 3.63) is 63.4 Å². The number of nitrogens with one attached hydrogen (secondary N) is 1. The van der Waals surface area contributed by atoms with Crippen LogP contribution in [0.15, 0.2) is 42.5 Å². The van der Waals surface area contributed by atoms with Crippen molar-refractivity contribution >= 4 is 29.1 Å². The summed E-state index contributed by atoms with van der Waals surface area (Å²) in [6.45, 7) is 0. The summed E-state index contributed by atoms with van der Waals surface area (Å²) in [5, 5.41) is 12.9. The van der Waals surface area contributed by atoms with Crippen LogP contribution >= 0.6 is 11.6 Å². The van der Waals surface area contributed by atoms with Crippen LogP contribution in [0.1, 0.15) is 0 Å². The van der Waals surface area contributed by atoms with Gasteiger partial charge in [-0.2, -0.15) is 0 Å². The van der Waals surface area contributed by atoms with Gasteiger partial charge in [-0.15, -0.1) is 0 Å². The molecule has 0 spiro atoms. The molecule has 0 saturated heterocycles. The fourth-order valence-corrected chi connectivity index (χ4v) is 1.69.